The van der Waals surface area contributed by atoms with Crippen molar-refractivity contribution in [2.24, 2.45) is 0 Å². The maximum absolute atomic E-state index is 11.4. The van der Waals surface area contributed by atoms with E-state index in [-0.39, 0.29) is 6.04 Å². The lowest BCUT2D eigenvalue weighted by atomic mass is 10.1. The minimum absolute atomic E-state index is 0.315. The number of benzene rings is 1. The topological polar surface area (TPSA) is 43.8 Å². The largest absolute Gasteiger partial charge is 0.480 e. The van der Waals surface area contributed by atoms with Gasteiger partial charge < -0.3 is 10.0 Å². The van der Waals surface area contributed by atoms with Gasteiger partial charge in [0.15, 0.2) is 0 Å². The number of anilines is 1. The molecule has 1 N–H and O–H groups in total. The molecule has 1 unspecified atom stereocenters. The Kier molecular flexibility index (Phi) is 5.62. The second kappa shape index (κ2) is 7.46. The third-order valence-electron chi connectivity index (χ3n) is 4.24. The molecule has 1 fully saturated rings. The van der Waals surface area contributed by atoms with Crippen LogP contribution in [0.15, 0.2) is 24.3 Å². The maximum atomic E-state index is 11.4. The lowest BCUT2D eigenvalue weighted by Gasteiger charge is -2.39. The highest BCUT2D eigenvalue weighted by atomic mass is 16.4. The number of nitrogens with zero attached hydrogens (tertiary/aromatic N) is 2. The third-order valence-corrected chi connectivity index (χ3v) is 4.24. The van der Waals surface area contributed by atoms with E-state index in [0.717, 1.165) is 45.4 Å². The highest BCUT2D eigenvalue weighted by Crippen LogP contribution is 2.19. The average molecular weight is 290 g/mol. The zero-order valence-corrected chi connectivity index (χ0v) is 13.1. The van der Waals surface area contributed by atoms with Crippen molar-refractivity contribution in [2.45, 2.75) is 39.2 Å². The summed E-state index contributed by atoms with van der Waals surface area (Å²) in [7, 11) is 0. The predicted molar refractivity (Wildman–Crippen MR) is 85.9 cm³/mol. The van der Waals surface area contributed by atoms with Gasteiger partial charge in [0.1, 0.15) is 6.04 Å². The summed E-state index contributed by atoms with van der Waals surface area (Å²) in [5.41, 5.74) is 2.51. The van der Waals surface area contributed by atoms with E-state index in [4.69, 9.17) is 0 Å². The van der Waals surface area contributed by atoms with Crippen LogP contribution in [-0.2, 0) is 4.79 Å². The minimum Gasteiger partial charge on any atom is -0.480 e. The molecule has 4 nitrogen and oxygen atoms in total. The van der Waals surface area contributed by atoms with Gasteiger partial charge in [0, 0.05) is 31.9 Å². The molecule has 0 aliphatic carbocycles. The van der Waals surface area contributed by atoms with E-state index in [9.17, 15) is 9.90 Å². The zero-order valence-electron chi connectivity index (χ0n) is 13.1. The molecular formula is C17H26N2O2. The molecule has 1 aliphatic heterocycles. The van der Waals surface area contributed by atoms with E-state index >= 15 is 0 Å². The first-order chi connectivity index (χ1) is 10.1. The Morgan fingerprint density at radius 2 is 2.00 bits per heavy atom. The van der Waals surface area contributed by atoms with Gasteiger partial charge in [-0.05, 0) is 31.0 Å². The number of piperazine rings is 1. The summed E-state index contributed by atoms with van der Waals surface area (Å²) in [4.78, 5) is 15.9. The van der Waals surface area contributed by atoms with E-state index in [0.29, 0.717) is 0 Å². The van der Waals surface area contributed by atoms with Crippen molar-refractivity contribution in [3.63, 3.8) is 0 Å². The number of carboxylic acid groups (broad SMARTS) is 1. The molecular weight excluding hydrogens is 264 g/mol. The highest BCUT2D eigenvalue weighted by molar-refractivity contribution is 5.73. The Labute approximate surface area is 127 Å². The molecule has 1 aromatic carbocycles. The molecule has 1 aliphatic rings. The van der Waals surface area contributed by atoms with Crippen molar-refractivity contribution < 1.29 is 9.90 Å². The van der Waals surface area contributed by atoms with E-state index in [1.165, 1.54) is 11.3 Å². The number of carboxylic acids is 1. The normalized spacial score (nSPS) is 17.7. The molecule has 2 rings (SSSR count). The van der Waals surface area contributed by atoms with Crippen molar-refractivity contribution >= 4 is 11.7 Å². The van der Waals surface area contributed by atoms with Crippen molar-refractivity contribution in [1.82, 2.24) is 4.90 Å². The van der Waals surface area contributed by atoms with Crippen LogP contribution in [0.4, 0.5) is 5.69 Å². The molecule has 1 saturated heterocycles. The minimum atomic E-state index is -0.674. The first kappa shape index (κ1) is 15.8. The summed E-state index contributed by atoms with van der Waals surface area (Å²) in [6, 6.07) is 8.20. The van der Waals surface area contributed by atoms with Gasteiger partial charge in [-0.25, -0.2) is 0 Å². The SMILES string of the molecule is CCCCC(C(=O)O)N1CCN(c2cccc(C)c2)CC1. The second-order valence-corrected chi connectivity index (χ2v) is 5.86. The molecule has 0 aromatic heterocycles. The molecule has 116 valence electrons. The first-order valence-corrected chi connectivity index (χ1v) is 7.90. The fraction of sp³-hybridized carbons (Fsp3) is 0.588. The van der Waals surface area contributed by atoms with E-state index in [1.807, 2.05) is 0 Å². The zero-order chi connectivity index (χ0) is 15.2. The number of rotatable bonds is 6. The molecule has 0 saturated carbocycles. The lowest BCUT2D eigenvalue weighted by Crippen LogP contribution is -2.52. The molecule has 4 heteroatoms. The van der Waals surface area contributed by atoms with Crippen LogP contribution in [0.25, 0.3) is 0 Å². The molecule has 21 heavy (non-hydrogen) atoms. The summed E-state index contributed by atoms with van der Waals surface area (Å²) in [6.45, 7) is 7.67. The molecule has 1 aromatic rings. The van der Waals surface area contributed by atoms with Gasteiger partial charge in [0.05, 0.1) is 0 Å². The number of hydrogen-bond acceptors (Lipinski definition) is 3. The second-order valence-electron chi connectivity index (χ2n) is 5.86. The van der Waals surface area contributed by atoms with Gasteiger partial charge in [-0.15, -0.1) is 0 Å². The van der Waals surface area contributed by atoms with E-state index in [2.05, 4.69) is 47.9 Å². The molecule has 0 radical (unpaired) electrons. The van der Waals surface area contributed by atoms with Crippen molar-refractivity contribution in [1.29, 1.82) is 0 Å². The lowest BCUT2D eigenvalue weighted by molar-refractivity contribution is -0.143. The smallest absolute Gasteiger partial charge is 0.320 e. The predicted octanol–water partition coefficient (Wildman–Crippen LogP) is 2.76. The van der Waals surface area contributed by atoms with Crippen LogP contribution < -0.4 is 4.90 Å². The Morgan fingerprint density at radius 3 is 2.57 bits per heavy atom. The van der Waals surface area contributed by atoms with Crippen LogP contribution >= 0.6 is 0 Å². The van der Waals surface area contributed by atoms with Gasteiger partial charge in [-0.3, -0.25) is 9.69 Å². The van der Waals surface area contributed by atoms with Crippen molar-refractivity contribution in [2.75, 3.05) is 31.1 Å². The van der Waals surface area contributed by atoms with Crippen LogP contribution in [0.2, 0.25) is 0 Å². The fourth-order valence-electron chi connectivity index (χ4n) is 2.98. The van der Waals surface area contributed by atoms with Crippen molar-refractivity contribution in [3.8, 4) is 0 Å². The number of unbranched alkanes of at least 4 members (excludes halogenated alkanes) is 1. The average Bonchev–Trinajstić information content (AvgIpc) is 2.48. The third kappa shape index (κ3) is 4.21. The van der Waals surface area contributed by atoms with Gasteiger partial charge >= 0.3 is 5.97 Å². The Balaban J connectivity index is 1.94. The van der Waals surface area contributed by atoms with E-state index in [1.54, 1.807) is 0 Å². The Hall–Kier alpha value is -1.55. The van der Waals surface area contributed by atoms with Crippen LogP contribution in [0.5, 0.6) is 0 Å². The van der Waals surface area contributed by atoms with Gasteiger partial charge in [0.2, 0.25) is 0 Å². The summed E-state index contributed by atoms with van der Waals surface area (Å²) in [5.74, 6) is -0.674. The van der Waals surface area contributed by atoms with Crippen LogP contribution in [0, 0.1) is 6.92 Å². The Morgan fingerprint density at radius 1 is 1.29 bits per heavy atom. The van der Waals surface area contributed by atoms with Crippen LogP contribution in [-0.4, -0.2) is 48.2 Å². The molecule has 0 amide bonds. The highest BCUT2D eigenvalue weighted by Gasteiger charge is 2.28. The molecule has 0 spiro atoms. The van der Waals surface area contributed by atoms with Crippen molar-refractivity contribution in [3.05, 3.63) is 29.8 Å². The van der Waals surface area contributed by atoms with Gasteiger partial charge in [0.25, 0.3) is 0 Å². The quantitative estimate of drug-likeness (QED) is 0.875. The monoisotopic (exact) mass is 290 g/mol. The van der Waals surface area contributed by atoms with Gasteiger partial charge in [-0.1, -0.05) is 31.9 Å². The Bertz CT molecular complexity index is 468. The maximum Gasteiger partial charge on any atom is 0.320 e. The summed E-state index contributed by atoms with van der Waals surface area (Å²) >= 11 is 0. The molecule has 1 atom stereocenters. The van der Waals surface area contributed by atoms with Crippen LogP contribution in [0.1, 0.15) is 31.7 Å². The fourth-order valence-corrected chi connectivity index (χ4v) is 2.98. The van der Waals surface area contributed by atoms with Gasteiger partial charge in [-0.2, -0.15) is 0 Å². The number of hydrogen-bond donors (Lipinski definition) is 1. The summed E-state index contributed by atoms with van der Waals surface area (Å²) < 4.78 is 0. The van der Waals surface area contributed by atoms with E-state index < -0.39 is 5.97 Å². The number of aryl methyl sites for hydroxylation is 1. The molecule has 1 heterocycles. The standard InChI is InChI=1S/C17H26N2O2/c1-3-4-8-16(17(20)21)19-11-9-18(10-12-19)15-7-5-6-14(2)13-15/h5-7,13,16H,3-4,8-12H2,1-2H3,(H,20,21). The summed E-state index contributed by atoms with van der Waals surface area (Å²) in [5, 5.41) is 9.42. The van der Waals surface area contributed by atoms with Crippen LogP contribution in [0.3, 0.4) is 0 Å². The summed E-state index contributed by atoms with van der Waals surface area (Å²) in [6.07, 6.45) is 2.79. The number of carbonyl (C=O) groups is 1. The number of aliphatic carboxylic acids is 1. The molecule has 0 bridgehead atoms. The first-order valence-electron chi connectivity index (χ1n) is 7.90.